The molecule has 12 heteroatoms. The maximum absolute atomic E-state index is 13.3. The highest BCUT2D eigenvalue weighted by Crippen LogP contribution is 2.33. The molecule has 0 aliphatic carbocycles. The van der Waals surface area contributed by atoms with E-state index in [2.05, 4.69) is 17.6 Å². The number of ether oxygens (including phenoxy) is 1. The Morgan fingerprint density at radius 1 is 1.18 bits per heavy atom. The summed E-state index contributed by atoms with van der Waals surface area (Å²) in [6.45, 7) is 5.56. The van der Waals surface area contributed by atoms with Gasteiger partial charge in [0.1, 0.15) is 11.6 Å². The van der Waals surface area contributed by atoms with E-state index in [4.69, 9.17) is 26.6 Å². The number of benzene rings is 2. The smallest absolute Gasteiger partial charge is 0.328 e. The molecule has 208 valence electrons. The number of fused-ring (bicyclic) bond motifs is 1. The Morgan fingerprint density at radius 3 is 2.49 bits per heavy atom. The van der Waals surface area contributed by atoms with Crippen LogP contribution in [0.5, 0.6) is 5.75 Å². The molecule has 1 aliphatic rings. The van der Waals surface area contributed by atoms with Crippen LogP contribution in [0.4, 0.5) is 9.18 Å². The minimum absolute atomic E-state index is 0.00833. The summed E-state index contributed by atoms with van der Waals surface area (Å²) in [6, 6.07) is 12.3. The van der Waals surface area contributed by atoms with Crippen LogP contribution in [-0.2, 0) is 9.59 Å². The molecule has 1 aliphatic heterocycles. The van der Waals surface area contributed by atoms with Gasteiger partial charge in [0.25, 0.3) is 0 Å². The molecule has 2 aromatic carbocycles. The van der Waals surface area contributed by atoms with E-state index in [1.54, 1.807) is 12.1 Å². The molecule has 3 aromatic rings. The van der Waals surface area contributed by atoms with Gasteiger partial charge in [-0.3, -0.25) is 0 Å². The number of amides is 2. The summed E-state index contributed by atoms with van der Waals surface area (Å²) in [5.41, 5.74) is 1.80. The molecule has 0 spiro atoms. The Hall–Kier alpha value is -4.09. The van der Waals surface area contributed by atoms with Gasteiger partial charge in [0.15, 0.2) is 0 Å². The number of carbonyl (C=O) groups excluding carboxylic acids is 1. The van der Waals surface area contributed by atoms with Crippen LogP contribution in [0.1, 0.15) is 13.3 Å². The number of aliphatic carboxylic acids is 2. The largest absolute Gasteiger partial charge is 0.491 e. The van der Waals surface area contributed by atoms with Crippen molar-refractivity contribution in [1.29, 1.82) is 0 Å². The van der Waals surface area contributed by atoms with E-state index in [0.717, 1.165) is 48.4 Å². The Morgan fingerprint density at radius 2 is 1.87 bits per heavy atom. The first-order valence-electron chi connectivity index (χ1n) is 12.2. The summed E-state index contributed by atoms with van der Waals surface area (Å²) >= 11 is 6.22. The molecule has 1 unspecified atom stereocenters. The minimum atomic E-state index is -1.26. The van der Waals surface area contributed by atoms with Crippen molar-refractivity contribution in [2.24, 2.45) is 0 Å². The molecule has 1 saturated heterocycles. The number of carbonyl (C=O) groups is 3. The number of aromatic nitrogens is 1. The van der Waals surface area contributed by atoms with Crippen molar-refractivity contribution >= 4 is 40.5 Å². The van der Waals surface area contributed by atoms with Crippen LogP contribution in [0, 0.1) is 5.82 Å². The summed E-state index contributed by atoms with van der Waals surface area (Å²) in [4.78, 5) is 32.5. The van der Waals surface area contributed by atoms with Gasteiger partial charge < -0.3 is 35.1 Å². The highest BCUT2D eigenvalue weighted by Gasteiger charge is 2.18. The number of hydrogen-bond donors (Lipinski definition) is 4. The van der Waals surface area contributed by atoms with Crippen LogP contribution in [0.25, 0.3) is 16.6 Å². The molecular weight excluding hydrogens is 531 g/mol. The van der Waals surface area contributed by atoms with Gasteiger partial charge in [0.2, 0.25) is 0 Å². The van der Waals surface area contributed by atoms with Gasteiger partial charge in [0, 0.05) is 60.5 Å². The van der Waals surface area contributed by atoms with Gasteiger partial charge in [-0.15, -0.1) is 0 Å². The van der Waals surface area contributed by atoms with E-state index < -0.39 is 11.9 Å². The van der Waals surface area contributed by atoms with Crippen molar-refractivity contribution in [2.45, 2.75) is 19.4 Å². The summed E-state index contributed by atoms with van der Waals surface area (Å²) in [6.07, 6.45) is 3.85. The topological polar surface area (TPSA) is 133 Å². The third-order valence-corrected chi connectivity index (χ3v) is 6.07. The molecule has 2 heterocycles. The average molecular weight is 561 g/mol. The summed E-state index contributed by atoms with van der Waals surface area (Å²) in [7, 11) is 0. The zero-order valence-electron chi connectivity index (χ0n) is 21.3. The molecule has 2 amide bonds. The zero-order valence-corrected chi connectivity index (χ0v) is 22.0. The number of hydrogen-bond acceptors (Lipinski definition) is 5. The maximum atomic E-state index is 13.3. The Kier molecular flexibility index (Phi) is 10.7. The molecule has 39 heavy (non-hydrogen) atoms. The predicted molar refractivity (Wildman–Crippen MR) is 145 cm³/mol. The van der Waals surface area contributed by atoms with Gasteiger partial charge in [-0.2, -0.15) is 0 Å². The Balaban J connectivity index is 0.000000459. The van der Waals surface area contributed by atoms with Crippen LogP contribution < -0.4 is 15.4 Å². The van der Waals surface area contributed by atoms with Gasteiger partial charge in [0.05, 0.1) is 18.3 Å². The molecule has 0 radical (unpaired) electrons. The molecule has 10 nitrogen and oxygen atoms in total. The number of rotatable bonds is 11. The van der Waals surface area contributed by atoms with Gasteiger partial charge in [-0.05, 0) is 55.8 Å². The van der Waals surface area contributed by atoms with Crippen LogP contribution in [0.3, 0.4) is 0 Å². The highest BCUT2D eigenvalue weighted by molar-refractivity contribution is 6.31. The van der Waals surface area contributed by atoms with Crippen molar-refractivity contribution < 1.29 is 33.7 Å². The average Bonchev–Trinajstić information content (AvgIpc) is 3.46. The number of halogens is 2. The van der Waals surface area contributed by atoms with Crippen molar-refractivity contribution in [3.63, 3.8) is 0 Å². The second kappa shape index (κ2) is 14.2. The van der Waals surface area contributed by atoms with E-state index in [1.807, 2.05) is 33.9 Å². The lowest BCUT2D eigenvalue weighted by atomic mass is 10.2. The molecule has 0 bridgehead atoms. The zero-order chi connectivity index (χ0) is 28.4. The monoisotopic (exact) mass is 560 g/mol. The number of urea groups is 1. The highest BCUT2D eigenvalue weighted by atomic mass is 35.5. The van der Waals surface area contributed by atoms with E-state index >= 15 is 0 Å². The lowest BCUT2D eigenvalue weighted by Crippen LogP contribution is -2.38. The van der Waals surface area contributed by atoms with E-state index in [9.17, 15) is 18.8 Å². The van der Waals surface area contributed by atoms with Crippen molar-refractivity contribution in [2.75, 3.05) is 32.8 Å². The van der Waals surface area contributed by atoms with E-state index in [0.29, 0.717) is 30.3 Å². The molecule has 4 N–H and O–H groups in total. The van der Waals surface area contributed by atoms with Crippen molar-refractivity contribution in [3.05, 3.63) is 71.7 Å². The quantitative estimate of drug-likeness (QED) is 0.261. The summed E-state index contributed by atoms with van der Waals surface area (Å²) < 4.78 is 21.4. The fourth-order valence-corrected chi connectivity index (χ4v) is 4.04. The first-order chi connectivity index (χ1) is 18.6. The summed E-state index contributed by atoms with van der Waals surface area (Å²) in [5, 5.41) is 23.4. The minimum Gasteiger partial charge on any atom is -0.491 e. The molecule has 1 fully saturated rings. The number of carboxylic acid groups (broad SMARTS) is 2. The maximum Gasteiger partial charge on any atom is 0.328 e. The fourth-order valence-electron chi connectivity index (χ4n) is 3.86. The van der Waals surface area contributed by atoms with Gasteiger partial charge in [-0.1, -0.05) is 11.6 Å². The lowest BCUT2D eigenvalue weighted by molar-refractivity contribution is -0.134. The Labute approximate surface area is 229 Å². The molecule has 4 rings (SSSR count). The molecule has 0 saturated carbocycles. The van der Waals surface area contributed by atoms with Gasteiger partial charge >= 0.3 is 18.0 Å². The normalized spacial score (nSPS) is 13.7. The van der Waals surface area contributed by atoms with E-state index in [-0.39, 0.29) is 17.9 Å². The molecule has 1 atom stereocenters. The van der Waals surface area contributed by atoms with E-state index in [1.165, 1.54) is 12.1 Å². The fraction of sp³-hybridized carbons (Fsp3) is 0.296. The standard InChI is InChI=1S/C23H26ClFN4O2.C4H4O4/c1-16(26-9-11-28-12-10-27-23(28)30)8-13-31-22-15-29(19-5-3-18(25)4-6-19)21-7-2-17(24)14-20(21)22;5-3(6)1-2-4(7)8/h2-7,14-16,26H,8-13H2,1H3,(H,27,30);1-2H,(H,5,6)(H,7,8). The third-order valence-electron chi connectivity index (χ3n) is 5.83. The Bertz CT molecular complexity index is 1310. The number of carboxylic acids is 2. The van der Waals surface area contributed by atoms with Crippen LogP contribution in [0.15, 0.2) is 60.8 Å². The second-order valence-electron chi connectivity index (χ2n) is 8.72. The lowest BCUT2D eigenvalue weighted by Gasteiger charge is -2.18. The first kappa shape index (κ1) is 29.5. The van der Waals surface area contributed by atoms with Crippen LogP contribution in [0.2, 0.25) is 5.02 Å². The molecule has 1 aromatic heterocycles. The number of nitrogens with zero attached hydrogens (tertiary/aromatic N) is 2. The summed E-state index contributed by atoms with van der Waals surface area (Å²) in [5.74, 6) is -2.05. The third kappa shape index (κ3) is 9.01. The predicted octanol–water partition coefficient (Wildman–Crippen LogP) is 3.91. The van der Waals surface area contributed by atoms with Gasteiger partial charge in [-0.25, -0.2) is 18.8 Å². The van der Waals surface area contributed by atoms with Crippen molar-refractivity contribution in [1.82, 2.24) is 20.1 Å². The van der Waals surface area contributed by atoms with Crippen LogP contribution >= 0.6 is 11.6 Å². The number of nitrogens with one attached hydrogen (secondary N) is 2. The molecular formula is C27H30ClFN4O6. The first-order valence-corrected chi connectivity index (χ1v) is 12.6. The van der Waals surface area contributed by atoms with Crippen molar-refractivity contribution in [3.8, 4) is 11.4 Å². The second-order valence-corrected chi connectivity index (χ2v) is 9.16. The SMILES string of the molecule is CC(CCOc1cn(-c2ccc(F)cc2)c2ccc(Cl)cc12)NCCN1CCNC1=O.O=C(O)C=CC(=O)O. The van der Waals surface area contributed by atoms with Crippen LogP contribution in [-0.4, -0.2) is 76.5 Å².